The minimum Gasteiger partial charge on any atom is -0.339 e. The van der Waals surface area contributed by atoms with Gasteiger partial charge in [0.2, 0.25) is 5.89 Å². The molecule has 1 aliphatic rings. The van der Waals surface area contributed by atoms with Crippen molar-refractivity contribution in [1.29, 1.82) is 0 Å². The number of nitrogens with one attached hydrogen (secondary N) is 1. The molecule has 0 unspecified atom stereocenters. The minimum atomic E-state index is 0.425. The summed E-state index contributed by atoms with van der Waals surface area (Å²) < 4.78 is 5.34. The van der Waals surface area contributed by atoms with Gasteiger partial charge in [-0.25, -0.2) is 0 Å². The van der Waals surface area contributed by atoms with Crippen molar-refractivity contribution in [2.75, 3.05) is 13.1 Å². The molecule has 0 aliphatic carbocycles. The lowest BCUT2D eigenvalue weighted by Crippen LogP contribution is -2.28. The molecular formula is C12H21N3O. The van der Waals surface area contributed by atoms with Crippen LogP contribution < -0.4 is 5.32 Å². The Morgan fingerprint density at radius 1 is 1.50 bits per heavy atom. The van der Waals surface area contributed by atoms with Gasteiger partial charge in [0.05, 0.1) is 5.92 Å². The monoisotopic (exact) mass is 223 g/mol. The molecule has 2 rings (SSSR count). The van der Waals surface area contributed by atoms with Crippen LogP contribution in [0.25, 0.3) is 0 Å². The Morgan fingerprint density at radius 3 is 3.06 bits per heavy atom. The molecule has 2 heterocycles. The fourth-order valence-corrected chi connectivity index (χ4v) is 2.02. The summed E-state index contributed by atoms with van der Waals surface area (Å²) >= 11 is 0. The number of nitrogens with zero attached hydrogens (tertiary/aromatic N) is 2. The van der Waals surface area contributed by atoms with Crippen molar-refractivity contribution in [1.82, 2.24) is 15.5 Å². The summed E-state index contributed by atoms with van der Waals surface area (Å²) in [6.45, 7) is 6.52. The Kier molecular flexibility index (Phi) is 3.93. The fraction of sp³-hybridized carbons (Fsp3) is 0.833. The van der Waals surface area contributed by atoms with Crippen LogP contribution in [0.4, 0.5) is 0 Å². The normalized spacial score (nSPS) is 21.6. The minimum absolute atomic E-state index is 0.425. The molecule has 0 bridgehead atoms. The molecule has 0 spiro atoms. The van der Waals surface area contributed by atoms with E-state index in [1.807, 2.05) is 0 Å². The molecule has 1 aromatic heterocycles. The lowest BCUT2D eigenvalue weighted by atomic mass is 10.00. The van der Waals surface area contributed by atoms with E-state index in [1.165, 1.54) is 12.8 Å². The zero-order valence-corrected chi connectivity index (χ0v) is 10.2. The average molecular weight is 223 g/mol. The van der Waals surface area contributed by atoms with Gasteiger partial charge >= 0.3 is 0 Å². The van der Waals surface area contributed by atoms with Crippen LogP contribution in [0.5, 0.6) is 0 Å². The molecule has 1 atom stereocenters. The number of hydrogen-bond donors (Lipinski definition) is 1. The maximum Gasteiger partial charge on any atom is 0.231 e. The summed E-state index contributed by atoms with van der Waals surface area (Å²) in [7, 11) is 0. The van der Waals surface area contributed by atoms with Crippen LogP contribution in [-0.4, -0.2) is 23.2 Å². The molecule has 0 radical (unpaired) electrons. The van der Waals surface area contributed by atoms with E-state index in [2.05, 4.69) is 29.3 Å². The summed E-state index contributed by atoms with van der Waals surface area (Å²) in [4.78, 5) is 4.49. The van der Waals surface area contributed by atoms with Crippen molar-refractivity contribution < 1.29 is 4.52 Å². The highest BCUT2D eigenvalue weighted by molar-refractivity contribution is 4.96. The average Bonchev–Trinajstić information content (AvgIpc) is 2.76. The van der Waals surface area contributed by atoms with Gasteiger partial charge in [0.1, 0.15) is 0 Å². The van der Waals surface area contributed by atoms with Gasteiger partial charge in [-0.1, -0.05) is 19.0 Å². The topological polar surface area (TPSA) is 51.0 Å². The van der Waals surface area contributed by atoms with Crippen LogP contribution in [0.1, 0.15) is 50.7 Å². The SMILES string of the molecule is CC(C)CCc1noc([C@H]2CCCNC2)n1. The number of rotatable bonds is 4. The molecule has 16 heavy (non-hydrogen) atoms. The van der Waals surface area contributed by atoms with E-state index >= 15 is 0 Å². The summed E-state index contributed by atoms with van der Waals surface area (Å²) in [5.74, 6) is 2.81. The molecule has 0 amide bonds. The van der Waals surface area contributed by atoms with Crippen LogP contribution in [-0.2, 0) is 6.42 Å². The maximum absolute atomic E-state index is 5.34. The Labute approximate surface area is 96.8 Å². The standard InChI is InChI=1S/C12H21N3O/c1-9(2)5-6-11-14-12(16-15-11)10-4-3-7-13-8-10/h9-10,13H,3-8H2,1-2H3/t10-/m0/s1. The highest BCUT2D eigenvalue weighted by Crippen LogP contribution is 2.21. The van der Waals surface area contributed by atoms with Crippen molar-refractivity contribution in [2.24, 2.45) is 5.92 Å². The number of aryl methyl sites for hydroxylation is 1. The van der Waals surface area contributed by atoms with Crippen LogP contribution in [0.3, 0.4) is 0 Å². The van der Waals surface area contributed by atoms with Crippen LogP contribution in [0.2, 0.25) is 0 Å². The molecule has 4 nitrogen and oxygen atoms in total. The lowest BCUT2D eigenvalue weighted by Gasteiger charge is -2.18. The summed E-state index contributed by atoms with van der Waals surface area (Å²) in [6, 6.07) is 0. The van der Waals surface area contributed by atoms with E-state index in [-0.39, 0.29) is 0 Å². The van der Waals surface area contributed by atoms with Gasteiger partial charge in [0, 0.05) is 13.0 Å². The first-order valence-corrected chi connectivity index (χ1v) is 6.29. The van der Waals surface area contributed by atoms with E-state index < -0.39 is 0 Å². The largest absolute Gasteiger partial charge is 0.339 e. The predicted octanol–water partition coefficient (Wildman–Crippen LogP) is 2.13. The van der Waals surface area contributed by atoms with E-state index in [0.717, 1.165) is 37.6 Å². The highest BCUT2D eigenvalue weighted by Gasteiger charge is 2.21. The van der Waals surface area contributed by atoms with Gasteiger partial charge in [-0.2, -0.15) is 4.98 Å². The third-order valence-electron chi connectivity index (χ3n) is 3.08. The van der Waals surface area contributed by atoms with Crippen molar-refractivity contribution in [3.05, 3.63) is 11.7 Å². The second-order valence-corrected chi connectivity index (χ2v) is 5.02. The summed E-state index contributed by atoms with van der Waals surface area (Å²) in [5.41, 5.74) is 0. The van der Waals surface area contributed by atoms with E-state index in [1.54, 1.807) is 0 Å². The first-order valence-electron chi connectivity index (χ1n) is 6.29. The van der Waals surface area contributed by atoms with E-state index in [4.69, 9.17) is 4.52 Å². The molecule has 0 saturated carbocycles. The first-order chi connectivity index (χ1) is 7.75. The predicted molar refractivity (Wildman–Crippen MR) is 62.3 cm³/mol. The smallest absolute Gasteiger partial charge is 0.231 e. The third-order valence-corrected chi connectivity index (χ3v) is 3.08. The van der Waals surface area contributed by atoms with Crippen molar-refractivity contribution in [3.63, 3.8) is 0 Å². The van der Waals surface area contributed by atoms with Crippen LogP contribution in [0.15, 0.2) is 4.52 Å². The summed E-state index contributed by atoms with van der Waals surface area (Å²) in [5, 5.41) is 7.41. The number of piperidine rings is 1. The molecule has 1 aliphatic heterocycles. The third kappa shape index (κ3) is 3.04. The zero-order chi connectivity index (χ0) is 11.4. The van der Waals surface area contributed by atoms with E-state index in [9.17, 15) is 0 Å². The second-order valence-electron chi connectivity index (χ2n) is 5.02. The molecular weight excluding hydrogens is 202 g/mol. The first kappa shape index (κ1) is 11.6. The molecule has 1 aromatic rings. The Hall–Kier alpha value is -0.900. The van der Waals surface area contributed by atoms with Gasteiger partial charge < -0.3 is 9.84 Å². The molecule has 1 fully saturated rings. The second kappa shape index (κ2) is 5.43. The Bertz CT molecular complexity index is 316. The van der Waals surface area contributed by atoms with Crippen LogP contribution >= 0.6 is 0 Å². The zero-order valence-electron chi connectivity index (χ0n) is 10.2. The van der Waals surface area contributed by atoms with Crippen LogP contribution in [0, 0.1) is 5.92 Å². The van der Waals surface area contributed by atoms with Crippen molar-refractivity contribution >= 4 is 0 Å². The molecule has 4 heteroatoms. The number of aromatic nitrogens is 2. The Morgan fingerprint density at radius 2 is 2.38 bits per heavy atom. The van der Waals surface area contributed by atoms with Gasteiger partial charge in [-0.3, -0.25) is 0 Å². The van der Waals surface area contributed by atoms with Gasteiger partial charge in [0.25, 0.3) is 0 Å². The highest BCUT2D eigenvalue weighted by atomic mass is 16.5. The molecule has 90 valence electrons. The van der Waals surface area contributed by atoms with E-state index in [0.29, 0.717) is 11.8 Å². The van der Waals surface area contributed by atoms with Crippen molar-refractivity contribution in [2.45, 2.75) is 45.4 Å². The fourth-order valence-electron chi connectivity index (χ4n) is 2.02. The maximum atomic E-state index is 5.34. The van der Waals surface area contributed by atoms with Gasteiger partial charge in [-0.15, -0.1) is 0 Å². The molecule has 0 aromatic carbocycles. The van der Waals surface area contributed by atoms with Gasteiger partial charge in [-0.05, 0) is 31.7 Å². The van der Waals surface area contributed by atoms with Gasteiger partial charge in [0.15, 0.2) is 5.82 Å². The lowest BCUT2D eigenvalue weighted by molar-refractivity contribution is 0.319. The number of hydrogen-bond acceptors (Lipinski definition) is 4. The Balaban J connectivity index is 1.90. The molecule has 1 N–H and O–H groups in total. The van der Waals surface area contributed by atoms with Crippen molar-refractivity contribution in [3.8, 4) is 0 Å². The summed E-state index contributed by atoms with van der Waals surface area (Å²) in [6.07, 6.45) is 4.43. The quantitative estimate of drug-likeness (QED) is 0.849. The molecule has 1 saturated heterocycles.